The lowest BCUT2D eigenvalue weighted by atomic mass is 10.1. The molecule has 0 bridgehead atoms. The number of benzene rings is 1. The van der Waals surface area contributed by atoms with Crippen LogP contribution in [0.3, 0.4) is 0 Å². The Morgan fingerprint density at radius 2 is 1.88 bits per heavy atom. The second-order valence-electron chi connectivity index (χ2n) is 8.70. The lowest BCUT2D eigenvalue weighted by Crippen LogP contribution is -2.27. The summed E-state index contributed by atoms with van der Waals surface area (Å²) < 4.78 is 19.9. The average molecular weight is 441 g/mol. The summed E-state index contributed by atoms with van der Waals surface area (Å²) in [5.41, 5.74) is 2.53. The minimum Gasteiger partial charge on any atom is -0.478 e. The van der Waals surface area contributed by atoms with Gasteiger partial charge in [-0.25, -0.2) is 9.37 Å². The van der Waals surface area contributed by atoms with Gasteiger partial charge in [0.15, 0.2) is 5.83 Å². The maximum atomic E-state index is 14.0. The molecule has 0 fully saturated rings. The number of carbonyl (C=O) groups excluding carboxylic acids is 1. The van der Waals surface area contributed by atoms with Gasteiger partial charge in [-0.1, -0.05) is 63.5 Å². The van der Waals surface area contributed by atoms with E-state index in [-0.39, 0.29) is 0 Å². The number of nitrogens with zero attached hydrogens (tertiary/aromatic N) is 1. The maximum Gasteiger partial charge on any atom is 0.280 e. The molecule has 0 aliphatic rings. The number of para-hydroxylation sites is 1. The van der Waals surface area contributed by atoms with E-state index in [0.29, 0.717) is 30.5 Å². The molecule has 0 aliphatic carbocycles. The molecule has 1 aromatic carbocycles. The molecule has 4 nitrogen and oxygen atoms in total. The first-order chi connectivity index (χ1) is 15.4. The minimum atomic E-state index is -0.696. The standard InChI is InChI=1S/C27H37FN2O2/c1-20(2)19-29-27(31)26(28)21(3)14-10-8-6-5-7-9-13-17-32-25-18-22(4)23-15-11-12-16-24(23)30-25/h10-12,14-16,18,20H,5-9,13,17,19H2,1-4H3,(H,29,31). The fourth-order valence-corrected chi connectivity index (χ4v) is 3.35. The zero-order valence-corrected chi connectivity index (χ0v) is 19.9. The minimum absolute atomic E-state index is 0.300. The lowest BCUT2D eigenvalue weighted by Gasteiger charge is -2.08. The monoisotopic (exact) mass is 440 g/mol. The van der Waals surface area contributed by atoms with Gasteiger partial charge >= 0.3 is 0 Å². The van der Waals surface area contributed by atoms with Gasteiger partial charge < -0.3 is 10.1 Å². The first-order valence-electron chi connectivity index (χ1n) is 11.7. The van der Waals surface area contributed by atoms with Gasteiger partial charge in [0.25, 0.3) is 5.91 Å². The number of halogens is 1. The Morgan fingerprint density at radius 3 is 2.66 bits per heavy atom. The van der Waals surface area contributed by atoms with Crippen LogP contribution in [0.25, 0.3) is 10.9 Å². The highest BCUT2D eigenvalue weighted by Gasteiger charge is 2.10. The second kappa shape index (κ2) is 13.7. The van der Waals surface area contributed by atoms with E-state index in [0.717, 1.165) is 49.4 Å². The number of hydrogen-bond acceptors (Lipinski definition) is 3. The van der Waals surface area contributed by atoms with E-state index in [4.69, 9.17) is 4.74 Å². The first-order valence-corrected chi connectivity index (χ1v) is 11.7. The van der Waals surface area contributed by atoms with Gasteiger partial charge in [0, 0.05) is 18.0 Å². The van der Waals surface area contributed by atoms with E-state index in [1.54, 1.807) is 13.0 Å². The average Bonchev–Trinajstić information content (AvgIpc) is 2.78. The number of carbonyl (C=O) groups is 1. The number of aryl methyl sites for hydroxylation is 1. The number of pyridine rings is 1. The van der Waals surface area contributed by atoms with E-state index in [9.17, 15) is 9.18 Å². The number of allylic oxidation sites excluding steroid dienone is 3. The zero-order valence-electron chi connectivity index (χ0n) is 19.9. The second-order valence-corrected chi connectivity index (χ2v) is 8.70. The number of ether oxygens (including phenoxy) is 1. The van der Waals surface area contributed by atoms with Crippen molar-refractivity contribution in [3.8, 4) is 5.88 Å². The van der Waals surface area contributed by atoms with Crippen LogP contribution in [0, 0.1) is 12.8 Å². The van der Waals surface area contributed by atoms with Crippen LogP contribution in [0.15, 0.2) is 53.9 Å². The summed E-state index contributed by atoms with van der Waals surface area (Å²) in [5.74, 6) is -0.330. The van der Waals surface area contributed by atoms with Crippen LogP contribution in [0.2, 0.25) is 0 Å². The molecule has 5 heteroatoms. The predicted molar refractivity (Wildman–Crippen MR) is 130 cm³/mol. The van der Waals surface area contributed by atoms with Gasteiger partial charge in [0.2, 0.25) is 5.88 Å². The largest absolute Gasteiger partial charge is 0.478 e. The summed E-state index contributed by atoms with van der Waals surface area (Å²) in [4.78, 5) is 16.3. The van der Waals surface area contributed by atoms with Gasteiger partial charge in [0.1, 0.15) is 0 Å². The van der Waals surface area contributed by atoms with Crippen LogP contribution in [0.5, 0.6) is 5.88 Å². The molecule has 2 aromatic rings. The molecule has 0 aliphatic heterocycles. The summed E-state index contributed by atoms with van der Waals surface area (Å²) in [6.45, 7) is 8.82. The van der Waals surface area contributed by atoms with E-state index < -0.39 is 11.7 Å². The number of nitrogens with one attached hydrogen (secondary N) is 1. The van der Waals surface area contributed by atoms with Crippen molar-refractivity contribution in [2.45, 2.75) is 66.2 Å². The van der Waals surface area contributed by atoms with Crippen molar-refractivity contribution in [1.29, 1.82) is 0 Å². The van der Waals surface area contributed by atoms with Crippen molar-refractivity contribution >= 4 is 16.8 Å². The number of aromatic nitrogens is 1. The van der Waals surface area contributed by atoms with Crippen molar-refractivity contribution in [2.75, 3.05) is 13.2 Å². The molecule has 0 atom stereocenters. The summed E-state index contributed by atoms with van der Waals surface area (Å²) >= 11 is 0. The van der Waals surface area contributed by atoms with E-state index in [2.05, 4.69) is 23.3 Å². The third-order valence-electron chi connectivity index (χ3n) is 5.25. The van der Waals surface area contributed by atoms with Crippen molar-refractivity contribution in [3.63, 3.8) is 0 Å². The van der Waals surface area contributed by atoms with Gasteiger partial charge in [-0.3, -0.25) is 4.79 Å². The normalized spacial score (nSPS) is 12.4. The first kappa shape index (κ1) is 25.6. The number of hydrogen-bond donors (Lipinski definition) is 1. The maximum absolute atomic E-state index is 14.0. The molecule has 32 heavy (non-hydrogen) atoms. The Balaban J connectivity index is 1.58. The number of unbranched alkanes of at least 4 members (excludes halogenated alkanes) is 5. The molecule has 1 amide bonds. The van der Waals surface area contributed by atoms with Crippen LogP contribution in [-0.2, 0) is 4.79 Å². The molecule has 0 spiro atoms. The molecule has 174 valence electrons. The fraction of sp³-hybridized carbons (Fsp3) is 0.481. The third kappa shape index (κ3) is 8.81. The molecule has 1 N–H and O–H groups in total. The summed E-state index contributed by atoms with van der Waals surface area (Å²) in [6.07, 6.45) is 9.96. The van der Waals surface area contributed by atoms with Crippen LogP contribution in [0.4, 0.5) is 4.39 Å². The molecule has 0 radical (unpaired) electrons. The van der Waals surface area contributed by atoms with Gasteiger partial charge in [-0.15, -0.1) is 0 Å². The molecule has 1 heterocycles. The van der Waals surface area contributed by atoms with Crippen molar-refractivity contribution in [3.05, 3.63) is 59.4 Å². The quantitative estimate of drug-likeness (QED) is 0.211. The molecule has 0 saturated heterocycles. The van der Waals surface area contributed by atoms with E-state index >= 15 is 0 Å². The lowest BCUT2D eigenvalue weighted by molar-refractivity contribution is -0.119. The van der Waals surface area contributed by atoms with Crippen LogP contribution in [0.1, 0.15) is 64.9 Å². The Bertz CT molecular complexity index is 934. The molecule has 0 unspecified atom stereocenters. The van der Waals surface area contributed by atoms with Crippen LogP contribution >= 0.6 is 0 Å². The Morgan fingerprint density at radius 1 is 1.16 bits per heavy atom. The molecule has 1 aromatic heterocycles. The van der Waals surface area contributed by atoms with E-state index in [1.165, 1.54) is 5.56 Å². The van der Waals surface area contributed by atoms with E-state index in [1.807, 2.05) is 44.2 Å². The SMILES string of the molecule is CC(C=CCCCCCCCOc1cc(C)c2ccccc2n1)=C(F)C(=O)NCC(C)C. The number of amides is 1. The Kier molecular flexibility index (Phi) is 10.9. The summed E-state index contributed by atoms with van der Waals surface area (Å²) in [7, 11) is 0. The zero-order chi connectivity index (χ0) is 23.3. The Labute approximate surface area is 192 Å². The van der Waals surface area contributed by atoms with Gasteiger partial charge in [0.05, 0.1) is 12.1 Å². The Hall–Kier alpha value is -2.69. The van der Waals surface area contributed by atoms with Gasteiger partial charge in [-0.2, -0.15) is 0 Å². The highest BCUT2D eigenvalue weighted by atomic mass is 19.1. The summed E-state index contributed by atoms with van der Waals surface area (Å²) in [5, 5.41) is 3.76. The highest BCUT2D eigenvalue weighted by Crippen LogP contribution is 2.21. The molecular formula is C27H37FN2O2. The van der Waals surface area contributed by atoms with Crippen molar-refractivity contribution in [1.82, 2.24) is 10.3 Å². The predicted octanol–water partition coefficient (Wildman–Crippen LogP) is 6.83. The van der Waals surface area contributed by atoms with Crippen molar-refractivity contribution < 1.29 is 13.9 Å². The van der Waals surface area contributed by atoms with Crippen molar-refractivity contribution in [2.24, 2.45) is 5.92 Å². The number of rotatable bonds is 13. The fourth-order valence-electron chi connectivity index (χ4n) is 3.35. The van der Waals surface area contributed by atoms with Crippen LogP contribution < -0.4 is 10.1 Å². The topological polar surface area (TPSA) is 51.2 Å². The molecule has 0 saturated carbocycles. The summed E-state index contributed by atoms with van der Waals surface area (Å²) in [6, 6.07) is 10.1. The van der Waals surface area contributed by atoms with Gasteiger partial charge in [-0.05, 0) is 56.2 Å². The smallest absolute Gasteiger partial charge is 0.280 e. The third-order valence-corrected chi connectivity index (χ3v) is 5.25. The number of fused-ring (bicyclic) bond motifs is 1. The molecular weight excluding hydrogens is 403 g/mol. The molecule has 2 rings (SSSR count). The highest BCUT2D eigenvalue weighted by molar-refractivity contribution is 5.92. The van der Waals surface area contributed by atoms with Crippen LogP contribution in [-0.4, -0.2) is 24.0 Å².